The highest BCUT2D eigenvalue weighted by Crippen LogP contribution is 2.37. The molecule has 4 nitrogen and oxygen atoms in total. The zero-order chi connectivity index (χ0) is 14.3. The molecular weight excluding hydrogens is 269 g/mol. The average Bonchev–Trinajstić information content (AvgIpc) is 2.77. The van der Waals surface area contributed by atoms with Crippen LogP contribution in [0.25, 0.3) is 16.9 Å². The first-order valence-electron chi connectivity index (χ1n) is 5.75. The molecule has 0 saturated carbocycles. The number of benzene rings is 1. The normalized spacial score (nSPS) is 11.9. The number of nitrogens with zero attached hydrogens (tertiary/aromatic N) is 3. The number of hydrogen-bond acceptors (Lipinski definition) is 3. The minimum atomic E-state index is -4.49. The van der Waals surface area contributed by atoms with Gasteiger partial charge in [-0.15, -0.1) is 5.10 Å². The molecule has 0 atom stereocenters. The van der Waals surface area contributed by atoms with E-state index in [0.717, 1.165) is 10.6 Å². The molecule has 0 amide bonds. The van der Waals surface area contributed by atoms with Crippen molar-refractivity contribution in [3.8, 4) is 11.3 Å². The van der Waals surface area contributed by atoms with E-state index >= 15 is 0 Å². The Morgan fingerprint density at radius 1 is 1.00 bits per heavy atom. The lowest BCUT2D eigenvalue weighted by atomic mass is 10.1. The number of hydrogen-bond donors (Lipinski definition) is 1. The molecule has 3 aromatic rings. The summed E-state index contributed by atoms with van der Waals surface area (Å²) in [6.45, 7) is 0. The molecule has 2 N–H and O–H groups in total. The SMILES string of the molecule is Nc1nc2ccc(C(F)(F)F)c(-c3ccccc3)n2n1. The molecule has 0 spiro atoms. The Kier molecular flexibility index (Phi) is 2.63. The number of fused-ring (bicyclic) bond motifs is 1. The number of halogens is 3. The van der Waals surface area contributed by atoms with E-state index < -0.39 is 11.7 Å². The topological polar surface area (TPSA) is 56.2 Å². The van der Waals surface area contributed by atoms with Gasteiger partial charge in [-0.05, 0) is 12.1 Å². The van der Waals surface area contributed by atoms with Crippen molar-refractivity contribution in [1.82, 2.24) is 14.6 Å². The van der Waals surface area contributed by atoms with Gasteiger partial charge in [0.05, 0.1) is 11.3 Å². The molecule has 0 bridgehead atoms. The lowest BCUT2D eigenvalue weighted by Crippen LogP contribution is -2.11. The van der Waals surface area contributed by atoms with Crippen LogP contribution in [0.15, 0.2) is 42.5 Å². The summed E-state index contributed by atoms with van der Waals surface area (Å²) < 4.78 is 40.6. The Morgan fingerprint density at radius 3 is 2.35 bits per heavy atom. The number of rotatable bonds is 1. The molecule has 0 aliphatic heterocycles. The van der Waals surface area contributed by atoms with E-state index in [1.807, 2.05) is 0 Å². The zero-order valence-corrected chi connectivity index (χ0v) is 10.1. The van der Waals surface area contributed by atoms with Crippen molar-refractivity contribution in [3.63, 3.8) is 0 Å². The summed E-state index contributed by atoms with van der Waals surface area (Å²) >= 11 is 0. The molecule has 2 heterocycles. The third kappa shape index (κ3) is 1.97. The molecule has 0 saturated heterocycles. The van der Waals surface area contributed by atoms with Crippen molar-refractivity contribution in [2.75, 3.05) is 5.73 Å². The van der Waals surface area contributed by atoms with E-state index in [0.29, 0.717) is 5.56 Å². The van der Waals surface area contributed by atoms with Crippen LogP contribution in [0.5, 0.6) is 0 Å². The molecule has 0 fully saturated rings. The summed E-state index contributed by atoms with van der Waals surface area (Å²) in [6.07, 6.45) is -4.49. The largest absolute Gasteiger partial charge is 0.418 e. The Bertz CT molecular complexity index is 762. The van der Waals surface area contributed by atoms with Gasteiger partial charge in [0.25, 0.3) is 0 Å². The van der Waals surface area contributed by atoms with Crippen LogP contribution in [0.3, 0.4) is 0 Å². The minimum absolute atomic E-state index is 0.0681. The molecule has 3 rings (SSSR count). The second-order valence-electron chi connectivity index (χ2n) is 4.20. The fourth-order valence-corrected chi connectivity index (χ4v) is 2.07. The number of nitrogens with two attached hydrogens (primary N) is 1. The highest BCUT2D eigenvalue weighted by atomic mass is 19.4. The van der Waals surface area contributed by atoms with Crippen LogP contribution in [-0.4, -0.2) is 14.6 Å². The van der Waals surface area contributed by atoms with E-state index in [1.54, 1.807) is 30.3 Å². The summed E-state index contributed by atoms with van der Waals surface area (Å²) in [5.41, 5.74) is 5.30. The van der Waals surface area contributed by atoms with Crippen LogP contribution in [0.2, 0.25) is 0 Å². The third-order valence-electron chi connectivity index (χ3n) is 2.87. The number of alkyl halides is 3. The van der Waals surface area contributed by atoms with Crippen molar-refractivity contribution in [1.29, 1.82) is 0 Å². The standard InChI is InChI=1S/C13H9F3N4/c14-13(15,16)9-6-7-10-18-12(17)19-20(10)11(9)8-4-2-1-3-5-8/h1-7H,(H2,17,19). The predicted octanol–water partition coefficient (Wildman–Crippen LogP) is 3.00. The van der Waals surface area contributed by atoms with E-state index in [2.05, 4.69) is 10.1 Å². The van der Waals surface area contributed by atoms with Gasteiger partial charge >= 0.3 is 6.18 Å². The van der Waals surface area contributed by atoms with Gasteiger partial charge in [0.1, 0.15) is 0 Å². The maximum absolute atomic E-state index is 13.2. The maximum Gasteiger partial charge on any atom is 0.418 e. The lowest BCUT2D eigenvalue weighted by Gasteiger charge is -2.13. The number of anilines is 1. The van der Waals surface area contributed by atoms with Gasteiger partial charge in [-0.25, -0.2) is 4.52 Å². The summed E-state index contributed by atoms with van der Waals surface area (Å²) in [5.74, 6) is -0.0681. The van der Waals surface area contributed by atoms with E-state index in [1.165, 1.54) is 6.07 Å². The highest BCUT2D eigenvalue weighted by molar-refractivity contribution is 5.68. The molecule has 0 aliphatic rings. The Morgan fingerprint density at radius 2 is 1.70 bits per heavy atom. The van der Waals surface area contributed by atoms with Gasteiger partial charge in [0.2, 0.25) is 5.95 Å². The summed E-state index contributed by atoms with van der Waals surface area (Å²) in [5, 5.41) is 3.85. The van der Waals surface area contributed by atoms with Gasteiger partial charge in [-0.3, -0.25) is 0 Å². The molecule has 2 aromatic heterocycles. The lowest BCUT2D eigenvalue weighted by molar-refractivity contribution is -0.137. The summed E-state index contributed by atoms with van der Waals surface area (Å²) in [4.78, 5) is 3.88. The highest BCUT2D eigenvalue weighted by Gasteiger charge is 2.35. The fraction of sp³-hybridized carbons (Fsp3) is 0.0769. The molecule has 102 valence electrons. The van der Waals surface area contributed by atoms with Crippen LogP contribution in [-0.2, 0) is 6.18 Å². The molecule has 20 heavy (non-hydrogen) atoms. The molecular formula is C13H9F3N4. The average molecular weight is 278 g/mol. The van der Waals surface area contributed by atoms with E-state index in [4.69, 9.17) is 5.73 Å². The molecule has 0 radical (unpaired) electrons. The van der Waals surface area contributed by atoms with E-state index in [-0.39, 0.29) is 17.3 Å². The van der Waals surface area contributed by atoms with Crippen molar-refractivity contribution < 1.29 is 13.2 Å². The van der Waals surface area contributed by atoms with Crippen LogP contribution < -0.4 is 5.73 Å². The monoisotopic (exact) mass is 278 g/mol. The quantitative estimate of drug-likeness (QED) is 0.744. The first-order chi connectivity index (χ1) is 9.47. The minimum Gasteiger partial charge on any atom is -0.366 e. The zero-order valence-electron chi connectivity index (χ0n) is 10.1. The van der Waals surface area contributed by atoms with Crippen molar-refractivity contribution in [2.45, 2.75) is 6.18 Å². The van der Waals surface area contributed by atoms with Crippen LogP contribution in [0, 0.1) is 0 Å². The third-order valence-corrected chi connectivity index (χ3v) is 2.87. The molecule has 1 aromatic carbocycles. The van der Waals surface area contributed by atoms with Crippen LogP contribution >= 0.6 is 0 Å². The molecule has 7 heteroatoms. The smallest absolute Gasteiger partial charge is 0.366 e. The van der Waals surface area contributed by atoms with Crippen LogP contribution in [0.1, 0.15) is 5.56 Å². The summed E-state index contributed by atoms with van der Waals surface area (Å²) in [7, 11) is 0. The second kappa shape index (κ2) is 4.22. The van der Waals surface area contributed by atoms with Gasteiger partial charge in [0, 0.05) is 5.56 Å². The number of pyridine rings is 1. The Hall–Kier alpha value is -2.57. The second-order valence-corrected chi connectivity index (χ2v) is 4.20. The maximum atomic E-state index is 13.2. The fourth-order valence-electron chi connectivity index (χ4n) is 2.07. The van der Waals surface area contributed by atoms with E-state index in [9.17, 15) is 13.2 Å². The first-order valence-corrected chi connectivity index (χ1v) is 5.75. The molecule has 0 unspecified atom stereocenters. The Balaban J connectivity index is 2.41. The Labute approximate surface area is 111 Å². The van der Waals surface area contributed by atoms with Gasteiger partial charge in [-0.2, -0.15) is 18.2 Å². The van der Waals surface area contributed by atoms with Crippen molar-refractivity contribution in [2.24, 2.45) is 0 Å². The number of aromatic nitrogens is 3. The van der Waals surface area contributed by atoms with Gasteiger partial charge in [0.15, 0.2) is 5.65 Å². The van der Waals surface area contributed by atoms with Crippen molar-refractivity contribution >= 4 is 11.6 Å². The summed E-state index contributed by atoms with van der Waals surface area (Å²) in [6, 6.07) is 10.5. The van der Waals surface area contributed by atoms with Gasteiger partial charge < -0.3 is 5.73 Å². The molecule has 0 aliphatic carbocycles. The first kappa shape index (κ1) is 12.5. The number of nitrogen functional groups attached to an aromatic ring is 1. The van der Waals surface area contributed by atoms with Crippen LogP contribution in [0.4, 0.5) is 19.1 Å². The predicted molar refractivity (Wildman–Crippen MR) is 67.8 cm³/mol. The van der Waals surface area contributed by atoms with Crippen molar-refractivity contribution in [3.05, 3.63) is 48.0 Å². The van der Waals surface area contributed by atoms with Gasteiger partial charge in [-0.1, -0.05) is 30.3 Å².